The molecule has 1 rings (SSSR count). The number of hydrogen-bond acceptors (Lipinski definition) is 2. The Kier molecular flexibility index (Phi) is 5.12. The van der Waals surface area contributed by atoms with Gasteiger partial charge in [0.2, 0.25) is 0 Å². The first-order valence-electron chi connectivity index (χ1n) is 6.02. The van der Waals surface area contributed by atoms with Gasteiger partial charge >= 0.3 is 6.61 Å². The molecule has 0 aromatic carbocycles. The fraction of sp³-hybridized carbons (Fsp3) is 1.00. The van der Waals surface area contributed by atoms with E-state index in [1.54, 1.807) is 0 Å². The van der Waals surface area contributed by atoms with Gasteiger partial charge in [0.1, 0.15) is 0 Å². The highest BCUT2D eigenvalue weighted by molar-refractivity contribution is 4.80. The summed E-state index contributed by atoms with van der Waals surface area (Å²) >= 11 is 0. The van der Waals surface area contributed by atoms with Gasteiger partial charge < -0.3 is 4.74 Å². The minimum atomic E-state index is -2.64. The first kappa shape index (κ1) is 13.8. The van der Waals surface area contributed by atoms with E-state index in [1.165, 1.54) is 6.42 Å². The van der Waals surface area contributed by atoms with Crippen LogP contribution in [0.25, 0.3) is 0 Å². The van der Waals surface area contributed by atoms with E-state index in [0.29, 0.717) is 0 Å². The van der Waals surface area contributed by atoms with Crippen LogP contribution in [-0.4, -0.2) is 37.2 Å². The molecule has 0 bridgehead atoms. The number of likely N-dealkylation sites (tertiary alicyclic amines) is 1. The van der Waals surface area contributed by atoms with Crippen molar-refractivity contribution in [3.63, 3.8) is 0 Å². The number of piperidine rings is 1. The maximum atomic E-state index is 12.0. The second kappa shape index (κ2) is 5.92. The summed E-state index contributed by atoms with van der Waals surface area (Å²) in [5.74, 6) is 0. The van der Waals surface area contributed by atoms with Gasteiger partial charge in [-0.15, -0.1) is 0 Å². The van der Waals surface area contributed by atoms with E-state index < -0.39 is 6.61 Å². The van der Waals surface area contributed by atoms with Crippen molar-refractivity contribution in [1.29, 1.82) is 0 Å². The standard InChI is InChI=1S/C12H23F2NO/c1-12(2,3)9-15-7-5-4-6-10(15)8-16-11(13)14/h10-11H,4-9H2,1-3H3. The second-order valence-corrected chi connectivity index (χ2v) is 5.77. The van der Waals surface area contributed by atoms with Crippen LogP contribution in [0.5, 0.6) is 0 Å². The van der Waals surface area contributed by atoms with Gasteiger partial charge in [-0.3, -0.25) is 4.90 Å². The van der Waals surface area contributed by atoms with E-state index in [4.69, 9.17) is 0 Å². The summed E-state index contributed by atoms with van der Waals surface area (Å²) in [5.41, 5.74) is 0.209. The molecule has 96 valence electrons. The van der Waals surface area contributed by atoms with Crippen LogP contribution in [0, 0.1) is 5.41 Å². The topological polar surface area (TPSA) is 12.5 Å². The Hall–Kier alpha value is -0.220. The highest BCUT2D eigenvalue weighted by Crippen LogP contribution is 2.23. The molecule has 2 nitrogen and oxygen atoms in total. The number of nitrogens with zero attached hydrogens (tertiary/aromatic N) is 1. The van der Waals surface area contributed by atoms with E-state index in [2.05, 4.69) is 30.4 Å². The Morgan fingerprint density at radius 2 is 2.00 bits per heavy atom. The first-order chi connectivity index (χ1) is 7.38. The molecule has 0 aromatic rings. The third-order valence-corrected chi connectivity index (χ3v) is 2.84. The van der Waals surface area contributed by atoms with Gasteiger partial charge in [0.25, 0.3) is 0 Å². The van der Waals surface area contributed by atoms with Crippen LogP contribution < -0.4 is 0 Å². The summed E-state index contributed by atoms with van der Waals surface area (Å²) in [6, 6.07) is 0.168. The van der Waals surface area contributed by atoms with Gasteiger partial charge in [-0.2, -0.15) is 8.78 Å². The van der Waals surface area contributed by atoms with Crippen LogP contribution in [0.2, 0.25) is 0 Å². The van der Waals surface area contributed by atoms with Crippen molar-refractivity contribution >= 4 is 0 Å². The molecule has 1 fully saturated rings. The minimum absolute atomic E-state index is 0.160. The maximum absolute atomic E-state index is 12.0. The lowest BCUT2D eigenvalue weighted by molar-refractivity contribution is -0.144. The Morgan fingerprint density at radius 1 is 1.31 bits per heavy atom. The van der Waals surface area contributed by atoms with Gasteiger partial charge in [-0.25, -0.2) is 0 Å². The van der Waals surface area contributed by atoms with E-state index in [0.717, 1.165) is 25.9 Å². The SMILES string of the molecule is CC(C)(C)CN1CCCCC1COC(F)F. The summed E-state index contributed by atoms with van der Waals surface area (Å²) in [7, 11) is 0. The zero-order valence-electron chi connectivity index (χ0n) is 10.5. The fourth-order valence-electron chi connectivity index (χ4n) is 2.25. The lowest BCUT2D eigenvalue weighted by Gasteiger charge is -2.39. The van der Waals surface area contributed by atoms with Gasteiger partial charge in [0, 0.05) is 12.6 Å². The molecule has 0 spiro atoms. The summed E-state index contributed by atoms with van der Waals surface area (Å²) in [6.07, 6.45) is 3.27. The van der Waals surface area contributed by atoms with Crippen molar-refractivity contribution in [3.8, 4) is 0 Å². The monoisotopic (exact) mass is 235 g/mol. The predicted molar refractivity (Wildman–Crippen MR) is 60.6 cm³/mol. The molecule has 1 heterocycles. The number of halogens is 2. The van der Waals surface area contributed by atoms with Crippen LogP contribution in [0.4, 0.5) is 8.78 Å². The quantitative estimate of drug-likeness (QED) is 0.742. The van der Waals surface area contributed by atoms with Crippen molar-refractivity contribution < 1.29 is 13.5 Å². The zero-order chi connectivity index (χ0) is 12.2. The molecule has 0 radical (unpaired) electrons. The van der Waals surface area contributed by atoms with E-state index in [9.17, 15) is 8.78 Å². The summed E-state index contributed by atoms with van der Waals surface area (Å²) in [6.45, 7) is 6.00. The largest absolute Gasteiger partial charge is 0.345 e. The van der Waals surface area contributed by atoms with Crippen molar-refractivity contribution in [2.45, 2.75) is 52.7 Å². The first-order valence-corrected chi connectivity index (χ1v) is 6.02. The van der Waals surface area contributed by atoms with Crippen molar-refractivity contribution in [2.24, 2.45) is 5.41 Å². The Balaban J connectivity index is 2.44. The van der Waals surface area contributed by atoms with Gasteiger partial charge in [-0.1, -0.05) is 27.2 Å². The van der Waals surface area contributed by atoms with E-state index in [1.807, 2.05) is 0 Å². The van der Waals surface area contributed by atoms with Crippen molar-refractivity contribution in [1.82, 2.24) is 4.90 Å². The molecule has 0 saturated carbocycles. The molecule has 1 unspecified atom stereocenters. The third kappa shape index (κ3) is 5.21. The Labute approximate surface area is 97.0 Å². The van der Waals surface area contributed by atoms with Gasteiger partial charge in [0.15, 0.2) is 0 Å². The molecule has 4 heteroatoms. The van der Waals surface area contributed by atoms with Crippen molar-refractivity contribution in [2.75, 3.05) is 19.7 Å². The average Bonchev–Trinajstić information content (AvgIpc) is 2.14. The third-order valence-electron chi connectivity index (χ3n) is 2.84. The lowest BCUT2D eigenvalue weighted by Crippen LogP contribution is -2.46. The predicted octanol–water partition coefficient (Wildman–Crippen LogP) is 3.13. The Bertz CT molecular complexity index is 204. The van der Waals surface area contributed by atoms with Gasteiger partial charge in [0.05, 0.1) is 6.61 Å². The normalized spacial score (nSPS) is 24.0. The van der Waals surface area contributed by atoms with E-state index in [-0.39, 0.29) is 18.1 Å². The van der Waals surface area contributed by atoms with Crippen molar-refractivity contribution in [3.05, 3.63) is 0 Å². The highest BCUT2D eigenvalue weighted by atomic mass is 19.3. The van der Waals surface area contributed by atoms with Crippen LogP contribution in [-0.2, 0) is 4.74 Å². The minimum Gasteiger partial charge on any atom is -0.321 e. The van der Waals surface area contributed by atoms with Crippen LogP contribution in [0.1, 0.15) is 40.0 Å². The Morgan fingerprint density at radius 3 is 2.56 bits per heavy atom. The highest BCUT2D eigenvalue weighted by Gasteiger charge is 2.26. The molecule has 0 aliphatic carbocycles. The maximum Gasteiger partial charge on any atom is 0.345 e. The molecule has 0 aromatic heterocycles. The zero-order valence-corrected chi connectivity index (χ0v) is 10.5. The summed E-state index contributed by atoms with van der Waals surface area (Å²) in [5, 5.41) is 0. The lowest BCUT2D eigenvalue weighted by atomic mass is 9.93. The molecule has 16 heavy (non-hydrogen) atoms. The number of rotatable bonds is 4. The fourth-order valence-corrected chi connectivity index (χ4v) is 2.25. The molecule has 1 saturated heterocycles. The molecule has 0 N–H and O–H groups in total. The average molecular weight is 235 g/mol. The van der Waals surface area contributed by atoms with Gasteiger partial charge in [-0.05, 0) is 24.8 Å². The molecular weight excluding hydrogens is 212 g/mol. The molecule has 1 aliphatic rings. The summed E-state index contributed by atoms with van der Waals surface area (Å²) in [4.78, 5) is 2.30. The number of alkyl halides is 2. The van der Waals surface area contributed by atoms with Crippen LogP contribution in [0.15, 0.2) is 0 Å². The van der Waals surface area contributed by atoms with Crippen LogP contribution >= 0.6 is 0 Å². The number of hydrogen-bond donors (Lipinski definition) is 0. The summed E-state index contributed by atoms with van der Waals surface area (Å²) < 4.78 is 28.5. The second-order valence-electron chi connectivity index (χ2n) is 5.77. The number of ether oxygens (including phenoxy) is 1. The molecule has 1 atom stereocenters. The smallest absolute Gasteiger partial charge is 0.321 e. The van der Waals surface area contributed by atoms with Crippen LogP contribution in [0.3, 0.4) is 0 Å². The molecule has 0 amide bonds. The van der Waals surface area contributed by atoms with E-state index >= 15 is 0 Å². The molecular formula is C12H23F2NO. The molecule has 1 aliphatic heterocycles.